The molecule has 0 aromatic rings. The molecule has 146 valence electrons. The molecule has 6 N–H and O–H groups in total. The molecule has 0 saturated carbocycles. The Kier molecular flexibility index (Phi) is 3.29. The highest BCUT2D eigenvalue weighted by Crippen LogP contribution is 2.58. The average Bonchev–Trinajstić information content (AvgIpc) is 3.24. The zero-order valence-corrected chi connectivity index (χ0v) is 15.2. The van der Waals surface area contributed by atoms with Crippen LogP contribution < -0.4 is 21.7 Å². The highest BCUT2D eigenvalue weighted by atomic mass is 16.6. The van der Waals surface area contributed by atoms with Crippen molar-refractivity contribution in [3.8, 4) is 0 Å². The number of aliphatic hydroxyl groups is 1. The second-order valence-electron chi connectivity index (χ2n) is 7.66. The molecule has 1 aliphatic carbocycles. The van der Waals surface area contributed by atoms with Crippen molar-refractivity contribution >= 4 is 11.9 Å². The van der Waals surface area contributed by atoms with Gasteiger partial charge in [-0.15, -0.1) is 0 Å². The number of primary amides is 1. The highest BCUT2D eigenvalue weighted by Gasteiger charge is 2.74. The standard InChI is InChI=1S/C17H23N5O5/c1-7-12(23)11-10(16(25)13(7)19-3-4-20-16)8(6-27-15(18)24)17(26-2)14-9(21-14)5-22(11)17/h8-9,14,19-21,25H,3-6H2,1-2H3,(H2,18,24)/t8-,9+,14+,16?,17-/m1/s1. The monoisotopic (exact) mass is 377 g/mol. The number of ketones is 1. The molecule has 5 atom stereocenters. The first kappa shape index (κ1) is 17.0. The van der Waals surface area contributed by atoms with E-state index in [2.05, 4.69) is 16.0 Å². The van der Waals surface area contributed by atoms with Crippen LogP contribution >= 0.6 is 0 Å². The molecule has 5 aliphatic rings. The Morgan fingerprint density at radius 2 is 2.22 bits per heavy atom. The zero-order chi connectivity index (χ0) is 19.1. The van der Waals surface area contributed by atoms with Crippen molar-refractivity contribution < 1.29 is 24.2 Å². The summed E-state index contributed by atoms with van der Waals surface area (Å²) in [7, 11) is 1.58. The summed E-state index contributed by atoms with van der Waals surface area (Å²) >= 11 is 0. The number of fused-ring (bicyclic) bond motifs is 6. The molecule has 1 unspecified atom stereocenters. The number of carbonyl (C=O) groups is 2. The quantitative estimate of drug-likeness (QED) is 0.342. The number of amides is 1. The molecule has 0 aromatic carbocycles. The number of methoxy groups -OCH3 is 1. The van der Waals surface area contributed by atoms with E-state index in [0.29, 0.717) is 42.2 Å². The minimum absolute atomic E-state index is 0.0220. The third kappa shape index (κ3) is 1.88. The Morgan fingerprint density at radius 3 is 2.93 bits per heavy atom. The van der Waals surface area contributed by atoms with Crippen LogP contribution in [0.15, 0.2) is 22.5 Å². The van der Waals surface area contributed by atoms with Crippen molar-refractivity contribution in [3.05, 3.63) is 22.5 Å². The maximum absolute atomic E-state index is 13.3. The molecule has 3 fully saturated rings. The van der Waals surface area contributed by atoms with Crippen LogP contribution in [0.1, 0.15) is 6.92 Å². The molecular weight excluding hydrogens is 354 g/mol. The zero-order valence-electron chi connectivity index (χ0n) is 15.2. The summed E-state index contributed by atoms with van der Waals surface area (Å²) in [5.41, 5.74) is 4.59. The number of nitrogens with one attached hydrogen (secondary N) is 3. The molecule has 0 radical (unpaired) electrons. The molecule has 5 rings (SSSR count). The van der Waals surface area contributed by atoms with Gasteiger partial charge in [-0.3, -0.25) is 10.1 Å². The third-order valence-corrected chi connectivity index (χ3v) is 6.52. The van der Waals surface area contributed by atoms with Crippen LogP contribution in [0.2, 0.25) is 0 Å². The second-order valence-corrected chi connectivity index (χ2v) is 7.66. The van der Waals surface area contributed by atoms with E-state index in [1.807, 2.05) is 4.90 Å². The van der Waals surface area contributed by atoms with E-state index in [1.54, 1.807) is 14.0 Å². The van der Waals surface area contributed by atoms with E-state index in [9.17, 15) is 14.7 Å². The van der Waals surface area contributed by atoms with E-state index >= 15 is 0 Å². The summed E-state index contributed by atoms with van der Waals surface area (Å²) in [6.07, 6.45) is -0.907. The summed E-state index contributed by atoms with van der Waals surface area (Å²) in [5, 5.41) is 21.3. The van der Waals surface area contributed by atoms with Crippen LogP contribution in [0.25, 0.3) is 0 Å². The van der Waals surface area contributed by atoms with Crippen LogP contribution in [-0.2, 0) is 14.3 Å². The minimum Gasteiger partial charge on any atom is -0.449 e. The van der Waals surface area contributed by atoms with Gasteiger partial charge in [-0.05, 0) is 6.92 Å². The van der Waals surface area contributed by atoms with E-state index in [-0.39, 0.29) is 24.5 Å². The molecule has 3 saturated heterocycles. The summed E-state index contributed by atoms with van der Waals surface area (Å²) in [5.74, 6) is -0.704. The van der Waals surface area contributed by atoms with E-state index in [4.69, 9.17) is 15.2 Å². The van der Waals surface area contributed by atoms with Gasteiger partial charge >= 0.3 is 6.09 Å². The largest absolute Gasteiger partial charge is 0.449 e. The van der Waals surface area contributed by atoms with Gasteiger partial charge in [0.15, 0.2) is 11.4 Å². The van der Waals surface area contributed by atoms with E-state index in [0.717, 1.165) is 0 Å². The maximum atomic E-state index is 13.3. The number of nitrogens with zero attached hydrogens (tertiary/aromatic N) is 1. The topological polar surface area (TPSA) is 148 Å². The van der Waals surface area contributed by atoms with E-state index in [1.165, 1.54) is 0 Å². The van der Waals surface area contributed by atoms with Crippen molar-refractivity contribution in [2.45, 2.75) is 30.5 Å². The van der Waals surface area contributed by atoms with Crippen molar-refractivity contribution in [3.63, 3.8) is 0 Å². The molecule has 10 heteroatoms. The summed E-state index contributed by atoms with van der Waals surface area (Å²) in [4.78, 5) is 26.5. The van der Waals surface area contributed by atoms with Crippen molar-refractivity contribution in [2.75, 3.05) is 33.4 Å². The lowest BCUT2D eigenvalue weighted by Crippen LogP contribution is -2.62. The molecule has 0 bridgehead atoms. The predicted octanol–water partition coefficient (Wildman–Crippen LogP) is -2.30. The van der Waals surface area contributed by atoms with Crippen LogP contribution in [0.5, 0.6) is 0 Å². The van der Waals surface area contributed by atoms with Crippen LogP contribution in [0.3, 0.4) is 0 Å². The number of allylic oxidation sites excluding steroid dienone is 1. The van der Waals surface area contributed by atoms with Gasteiger partial charge in [0.1, 0.15) is 6.61 Å². The van der Waals surface area contributed by atoms with Gasteiger partial charge in [0.25, 0.3) is 0 Å². The lowest BCUT2D eigenvalue weighted by atomic mass is 9.77. The molecule has 4 aliphatic heterocycles. The molecule has 0 aromatic heterocycles. The van der Waals surface area contributed by atoms with Crippen LogP contribution in [-0.4, -0.2) is 78.8 Å². The summed E-state index contributed by atoms with van der Waals surface area (Å²) in [6.45, 7) is 3.32. The average molecular weight is 377 g/mol. The van der Waals surface area contributed by atoms with Crippen molar-refractivity contribution in [1.29, 1.82) is 0 Å². The number of ether oxygens (including phenoxy) is 2. The van der Waals surface area contributed by atoms with Crippen LogP contribution in [0, 0.1) is 5.92 Å². The summed E-state index contributed by atoms with van der Waals surface area (Å²) < 4.78 is 11.1. The first-order valence-electron chi connectivity index (χ1n) is 9.09. The highest BCUT2D eigenvalue weighted by molar-refractivity contribution is 6.11. The lowest BCUT2D eigenvalue weighted by Gasteiger charge is -2.43. The van der Waals surface area contributed by atoms with Gasteiger partial charge in [0.05, 0.1) is 23.4 Å². The first-order chi connectivity index (χ1) is 12.9. The Morgan fingerprint density at radius 1 is 1.44 bits per heavy atom. The summed E-state index contributed by atoms with van der Waals surface area (Å²) in [6, 6.07) is 0.173. The Labute approximate surface area is 155 Å². The normalized spacial score (nSPS) is 41.7. The third-order valence-electron chi connectivity index (χ3n) is 6.52. The molecule has 10 nitrogen and oxygen atoms in total. The minimum atomic E-state index is -1.54. The molecule has 1 amide bonds. The number of hydrogen-bond donors (Lipinski definition) is 5. The Hall–Kier alpha value is -2.14. The van der Waals surface area contributed by atoms with Gasteiger partial charge in [-0.2, -0.15) is 0 Å². The Bertz CT molecular complexity index is 825. The van der Waals surface area contributed by atoms with Crippen LogP contribution in [0.4, 0.5) is 4.79 Å². The Balaban J connectivity index is 1.69. The number of nitrogens with two attached hydrogens (primary N) is 1. The van der Waals surface area contributed by atoms with Gasteiger partial charge in [-0.25, -0.2) is 4.79 Å². The lowest BCUT2D eigenvalue weighted by molar-refractivity contribution is -0.137. The predicted molar refractivity (Wildman–Crippen MR) is 91.9 cm³/mol. The number of piperazine rings is 2. The van der Waals surface area contributed by atoms with Gasteiger partial charge in [-0.1, -0.05) is 0 Å². The molecule has 27 heavy (non-hydrogen) atoms. The fraction of sp³-hybridized carbons (Fsp3) is 0.647. The van der Waals surface area contributed by atoms with Crippen molar-refractivity contribution in [1.82, 2.24) is 20.9 Å². The van der Waals surface area contributed by atoms with Gasteiger partial charge < -0.3 is 35.8 Å². The number of hydrogen-bond acceptors (Lipinski definition) is 9. The van der Waals surface area contributed by atoms with E-state index < -0.39 is 23.5 Å². The maximum Gasteiger partial charge on any atom is 0.404 e. The van der Waals surface area contributed by atoms with Gasteiger partial charge in [0, 0.05) is 43.9 Å². The fourth-order valence-electron chi connectivity index (χ4n) is 5.42. The number of rotatable bonds is 3. The number of carbonyl (C=O) groups excluding carboxylic acids is 2. The van der Waals surface area contributed by atoms with Gasteiger partial charge in [0.2, 0.25) is 5.78 Å². The number of Topliss-reactive ketones (excluding diaryl/α,β-unsaturated/α-hetero) is 1. The second kappa shape index (κ2) is 5.22. The first-order valence-corrected chi connectivity index (χ1v) is 9.09. The molecular formula is C17H23N5O5. The molecule has 0 spiro atoms. The molecule has 4 heterocycles. The van der Waals surface area contributed by atoms with Crippen molar-refractivity contribution in [2.24, 2.45) is 11.7 Å². The smallest absolute Gasteiger partial charge is 0.404 e. The fourth-order valence-corrected chi connectivity index (χ4v) is 5.42. The SMILES string of the molecule is CO[C@@]12[C@H](COC(N)=O)C3=C(C(=O)C(C)=C4NCCNC43O)N1C[C@@H]1N[C@@H]12.